The molecule has 1 unspecified atom stereocenters. The molecule has 0 aliphatic carbocycles. The lowest BCUT2D eigenvalue weighted by molar-refractivity contribution is 0.109. The Morgan fingerprint density at radius 3 is 2.75 bits per heavy atom. The average molecular weight is 169 g/mol. The molecule has 0 aromatic rings. The van der Waals surface area contributed by atoms with Crippen molar-refractivity contribution in [3.05, 3.63) is 12.7 Å². The van der Waals surface area contributed by atoms with Crippen LogP contribution in [0.3, 0.4) is 0 Å². The molecule has 1 aliphatic rings. The van der Waals surface area contributed by atoms with Crippen molar-refractivity contribution in [1.82, 2.24) is 4.90 Å². The lowest BCUT2D eigenvalue weighted by Gasteiger charge is -2.34. The van der Waals surface area contributed by atoms with Crippen LogP contribution in [0.2, 0.25) is 0 Å². The van der Waals surface area contributed by atoms with E-state index in [1.54, 1.807) is 0 Å². The summed E-state index contributed by atoms with van der Waals surface area (Å²) in [5.74, 6) is 0.428. The van der Waals surface area contributed by atoms with Crippen molar-refractivity contribution < 1.29 is 5.11 Å². The number of hydrogen-bond donors (Lipinski definition) is 1. The SMILES string of the molecule is C=CCN1CCC(CO)C1(C)C. The fraction of sp³-hybridized carbons (Fsp3) is 0.800. The smallest absolute Gasteiger partial charge is 0.0477 e. The minimum absolute atomic E-state index is 0.142. The highest BCUT2D eigenvalue weighted by molar-refractivity contribution is 4.96. The van der Waals surface area contributed by atoms with Crippen LogP contribution in [0.1, 0.15) is 20.3 Å². The molecule has 2 nitrogen and oxygen atoms in total. The lowest BCUT2D eigenvalue weighted by Crippen LogP contribution is -2.43. The van der Waals surface area contributed by atoms with Gasteiger partial charge in [-0.1, -0.05) is 6.08 Å². The molecule has 0 radical (unpaired) electrons. The molecule has 1 fully saturated rings. The van der Waals surface area contributed by atoms with Crippen LogP contribution in [0.25, 0.3) is 0 Å². The number of hydrogen-bond acceptors (Lipinski definition) is 2. The van der Waals surface area contributed by atoms with E-state index >= 15 is 0 Å². The zero-order chi connectivity index (χ0) is 9.19. The monoisotopic (exact) mass is 169 g/mol. The predicted molar refractivity (Wildman–Crippen MR) is 51.0 cm³/mol. The van der Waals surface area contributed by atoms with Gasteiger partial charge in [0.15, 0.2) is 0 Å². The number of rotatable bonds is 3. The van der Waals surface area contributed by atoms with Crippen LogP contribution in [0, 0.1) is 5.92 Å². The summed E-state index contributed by atoms with van der Waals surface area (Å²) in [4.78, 5) is 2.38. The van der Waals surface area contributed by atoms with E-state index < -0.39 is 0 Å². The minimum Gasteiger partial charge on any atom is -0.396 e. The molecule has 0 amide bonds. The molecule has 1 N–H and O–H groups in total. The van der Waals surface area contributed by atoms with Gasteiger partial charge in [-0.2, -0.15) is 0 Å². The zero-order valence-electron chi connectivity index (χ0n) is 8.08. The zero-order valence-corrected chi connectivity index (χ0v) is 8.08. The van der Waals surface area contributed by atoms with Crippen LogP contribution in [0.5, 0.6) is 0 Å². The van der Waals surface area contributed by atoms with Gasteiger partial charge in [0.25, 0.3) is 0 Å². The molecule has 0 bridgehead atoms. The van der Waals surface area contributed by atoms with Crippen molar-refractivity contribution >= 4 is 0 Å². The molecule has 1 atom stereocenters. The topological polar surface area (TPSA) is 23.5 Å². The van der Waals surface area contributed by atoms with Crippen LogP contribution in [0.4, 0.5) is 0 Å². The van der Waals surface area contributed by atoms with Gasteiger partial charge < -0.3 is 5.11 Å². The molecule has 0 spiro atoms. The van der Waals surface area contributed by atoms with Crippen molar-refractivity contribution in [1.29, 1.82) is 0 Å². The van der Waals surface area contributed by atoms with Gasteiger partial charge in [0.05, 0.1) is 0 Å². The molecular formula is C10H19NO. The van der Waals surface area contributed by atoms with Gasteiger partial charge in [-0.15, -0.1) is 6.58 Å². The summed E-state index contributed by atoms with van der Waals surface area (Å²) < 4.78 is 0. The molecule has 1 saturated heterocycles. The van der Waals surface area contributed by atoms with Crippen molar-refractivity contribution in [3.8, 4) is 0 Å². The van der Waals surface area contributed by atoms with E-state index in [2.05, 4.69) is 25.3 Å². The number of aliphatic hydroxyl groups is 1. The van der Waals surface area contributed by atoms with Crippen LogP contribution >= 0.6 is 0 Å². The van der Waals surface area contributed by atoms with E-state index in [9.17, 15) is 0 Å². The van der Waals surface area contributed by atoms with Crippen LogP contribution < -0.4 is 0 Å². The van der Waals surface area contributed by atoms with Crippen molar-refractivity contribution in [3.63, 3.8) is 0 Å². The van der Waals surface area contributed by atoms with Gasteiger partial charge in [-0.25, -0.2) is 0 Å². The minimum atomic E-state index is 0.142. The maximum Gasteiger partial charge on any atom is 0.0477 e. The second-order valence-corrected chi connectivity index (χ2v) is 4.06. The Labute approximate surface area is 74.9 Å². The van der Waals surface area contributed by atoms with Crippen molar-refractivity contribution in [2.45, 2.75) is 25.8 Å². The Hall–Kier alpha value is -0.340. The first-order valence-corrected chi connectivity index (χ1v) is 4.59. The molecule has 2 heteroatoms. The summed E-state index contributed by atoms with van der Waals surface area (Å²) >= 11 is 0. The number of aliphatic hydroxyl groups excluding tert-OH is 1. The highest BCUT2D eigenvalue weighted by Crippen LogP contribution is 2.33. The number of nitrogens with zero attached hydrogens (tertiary/aromatic N) is 1. The largest absolute Gasteiger partial charge is 0.396 e. The van der Waals surface area contributed by atoms with Gasteiger partial charge in [-0.05, 0) is 26.8 Å². The van der Waals surface area contributed by atoms with Crippen LogP contribution in [-0.4, -0.2) is 35.2 Å². The fourth-order valence-electron chi connectivity index (χ4n) is 2.01. The normalized spacial score (nSPS) is 29.1. The third kappa shape index (κ3) is 1.54. The van der Waals surface area contributed by atoms with E-state index in [0.717, 1.165) is 19.5 Å². The Bertz CT molecular complexity index is 165. The van der Waals surface area contributed by atoms with Crippen molar-refractivity contribution in [2.75, 3.05) is 19.7 Å². The van der Waals surface area contributed by atoms with Crippen LogP contribution in [-0.2, 0) is 0 Å². The van der Waals surface area contributed by atoms with Crippen molar-refractivity contribution in [2.24, 2.45) is 5.92 Å². The first-order chi connectivity index (χ1) is 5.62. The molecule has 0 aromatic carbocycles. The molecule has 0 aromatic heterocycles. The quantitative estimate of drug-likeness (QED) is 0.643. The van der Waals surface area contributed by atoms with E-state index in [0.29, 0.717) is 12.5 Å². The second-order valence-electron chi connectivity index (χ2n) is 4.06. The third-order valence-corrected chi connectivity index (χ3v) is 3.13. The highest BCUT2D eigenvalue weighted by Gasteiger charge is 2.39. The highest BCUT2D eigenvalue weighted by atomic mass is 16.3. The first kappa shape index (κ1) is 9.75. The first-order valence-electron chi connectivity index (χ1n) is 4.59. The van der Waals surface area contributed by atoms with Gasteiger partial charge in [0.1, 0.15) is 0 Å². The molecule has 1 heterocycles. The van der Waals surface area contributed by atoms with E-state index in [4.69, 9.17) is 5.11 Å². The van der Waals surface area contributed by atoms with E-state index in [1.807, 2.05) is 6.08 Å². The van der Waals surface area contributed by atoms with E-state index in [1.165, 1.54) is 0 Å². The molecule has 12 heavy (non-hydrogen) atoms. The molecule has 0 saturated carbocycles. The molecular weight excluding hydrogens is 150 g/mol. The second kappa shape index (κ2) is 3.58. The fourth-order valence-corrected chi connectivity index (χ4v) is 2.01. The van der Waals surface area contributed by atoms with Gasteiger partial charge in [-0.3, -0.25) is 4.90 Å². The summed E-state index contributed by atoms with van der Waals surface area (Å²) in [7, 11) is 0. The van der Waals surface area contributed by atoms with Gasteiger partial charge in [0.2, 0.25) is 0 Å². The van der Waals surface area contributed by atoms with Gasteiger partial charge >= 0.3 is 0 Å². The van der Waals surface area contributed by atoms with Crippen LogP contribution in [0.15, 0.2) is 12.7 Å². The average Bonchev–Trinajstić information content (AvgIpc) is 2.28. The predicted octanol–water partition coefficient (Wildman–Crippen LogP) is 1.27. The van der Waals surface area contributed by atoms with E-state index in [-0.39, 0.29) is 5.54 Å². The third-order valence-electron chi connectivity index (χ3n) is 3.13. The Balaban J connectivity index is 2.63. The Kier molecular flexibility index (Phi) is 2.91. The summed E-state index contributed by atoms with van der Waals surface area (Å²) in [5.41, 5.74) is 0.142. The molecule has 1 aliphatic heterocycles. The maximum atomic E-state index is 9.14. The summed E-state index contributed by atoms with van der Waals surface area (Å²) in [6.45, 7) is 10.5. The number of likely N-dealkylation sites (tertiary alicyclic amines) is 1. The molecule has 1 rings (SSSR count). The van der Waals surface area contributed by atoms with Gasteiger partial charge in [0, 0.05) is 24.6 Å². The Morgan fingerprint density at radius 2 is 2.33 bits per heavy atom. The Morgan fingerprint density at radius 1 is 1.67 bits per heavy atom. The maximum absolute atomic E-state index is 9.14. The standard InChI is InChI=1S/C10H19NO/c1-4-6-11-7-5-9(8-12)10(11,2)3/h4,9,12H,1,5-8H2,2-3H3. The summed E-state index contributed by atoms with van der Waals surface area (Å²) in [6.07, 6.45) is 3.04. The molecule has 70 valence electrons. The summed E-state index contributed by atoms with van der Waals surface area (Å²) in [5, 5.41) is 9.14. The lowest BCUT2D eigenvalue weighted by atomic mass is 9.89. The summed E-state index contributed by atoms with van der Waals surface area (Å²) in [6, 6.07) is 0.